The number of halogens is 1. The summed E-state index contributed by atoms with van der Waals surface area (Å²) in [4.78, 5) is 13.8. The van der Waals surface area contributed by atoms with E-state index in [1.165, 1.54) is 11.8 Å². The normalized spacial score (nSPS) is 19.8. The number of benzene rings is 1. The summed E-state index contributed by atoms with van der Waals surface area (Å²) in [6.45, 7) is 1.98. The van der Waals surface area contributed by atoms with Crippen molar-refractivity contribution in [2.75, 3.05) is 5.32 Å². The molecule has 1 amide bonds. The summed E-state index contributed by atoms with van der Waals surface area (Å²) in [5, 5.41) is 8.94. The largest absolute Gasteiger partial charge is 0.356 e. The number of thioether (sulfide) groups is 1. The molecule has 0 saturated carbocycles. The quantitative estimate of drug-likeness (QED) is 0.821. The number of hydrogen-bond donors (Lipinski definition) is 2. The van der Waals surface area contributed by atoms with Gasteiger partial charge >= 0.3 is 0 Å². The van der Waals surface area contributed by atoms with Gasteiger partial charge < -0.3 is 10.6 Å². The van der Waals surface area contributed by atoms with Gasteiger partial charge in [-0.05, 0) is 48.2 Å². The van der Waals surface area contributed by atoms with Gasteiger partial charge in [0.2, 0.25) is 0 Å². The van der Waals surface area contributed by atoms with Crippen LogP contribution in [0.25, 0.3) is 6.08 Å². The van der Waals surface area contributed by atoms with Crippen molar-refractivity contribution in [2.24, 2.45) is 0 Å². The molecule has 1 fully saturated rings. The maximum absolute atomic E-state index is 12.0. The Hall–Kier alpha value is -1.43. The highest BCUT2D eigenvalue weighted by molar-refractivity contribution is 8.05. The van der Waals surface area contributed by atoms with E-state index in [0.29, 0.717) is 5.02 Å². The summed E-state index contributed by atoms with van der Waals surface area (Å²) in [6.07, 6.45) is 1.92. The van der Waals surface area contributed by atoms with E-state index in [4.69, 9.17) is 11.6 Å². The molecule has 0 aliphatic carbocycles. The van der Waals surface area contributed by atoms with Gasteiger partial charge in [0.05, 0.1) is 4.91 Å². The molecule has 0 radical (unpaired) electrons. The van der Waals surface area contributed by atoms with Crippen molar-refractivity contribution in [3.05, 3.63) is 56.1 Å². The van der Waals surface area contributed by atoms with Crippen LogP contribution in [0.3, 0.4) is 0 Å². The number of amides is 1. The van der Waals surface area contributed by atoms with Crippen LogP contribution in [0.4, 0.5) is 5.69 Å². The molecule has 1 aromatic carbocycles. The van der Waals surface area contributed by atoms with Crippen molar-refractivity contribution in [2.45, 2.75) is 12.4 Å². The first-order chi connectivity index (χ1) is 10.1. The molecular weight excluding hydrogens is 324 g/mol. The lowest BCUT2D eigenvalue weighted by molar-refractivity contribution is -0.116. The minimum absolute atomic E-state index is 0.0440. The van der Waals surface area contributed by atoms with Crippen LogP contribution in [-0.2, 0) is 4.79 Å². The first-order valence-corrected chi connectivity index (χ1v) is 8.51. The number of hydrogen-bond acceptors (Lipinski definition) is 4. The first-order valence-electron chi connectivity index (χ1n) is 6.37. The van der Waals surface area contributed by atoms with Crippen LogP contribution in [0.1, 0.15) is 10.4 Å². The highest BCUT2D eigenvalue weighted by Gasteiger charge is 2.27. The molecule has 0 spiro atoms. The molecule has 3 rings (SSSR count). The van der Waals surface area contributed by atoms with Gasteiger partial charge in [-0.15, -0.1) is 11.3 Å². The van der Waals surface area contributed by atoms with E-state index < -0.39 is 0 Å². The molecule has 1 aromatic heterocycles. The molecule has 2 heterocycles. The molecule has 3 nitrogen and oxygen atoms in total. The summed E-state index contributed by atoms with van der Waals surface area (Å²) in [6, 6.07) is 9.62. The molecule has 0 bridgehead atoms. The third-order valence-electron chi connectivity index (χ3n) is 3.02. The third kappa shape index (κ3) is 3.43. The van der Waals surface area contributed by atoms with Crippen LogP contribution in [0.5, 0.6) is 0 Å². The van der Waals surface area contributed by atoms with Crippen LogP contribution in [0, 0.1) is 6.92 Å². The molecule has 2 aromatic rings. The summed E-state index contributed by atoms with van der Waals surface area (Å²) < 4.78 is 0. The standard InChI is InChI=1S/C15H13ClN2OS2/c1-9-7-10(16)4-5-12(9)17-15-18-14(19)13(21-15)8-11-3-2-6-20-11/h2-8,15,17H,1H3,(H,18,19)/b13-8-. The average Bonchev–Trinajstić information content (AvgIpc) is 3.04. The van der Waals surface area contributed by atoms with Crippen molar-refractivity contribution >= 4 is 52.4 Å². The molecule has 1 aliphatic rings. The summed E-state index contributed by atoms with van der Waals surface area (Å²) >= 11 is 9.05. The Morgan fingerprint density at radius 1 is 1.38 bits per heavy atom. The van der Waals surface area contributed by atoms with Gasteiger partial charge in [-0.3, -0.25) is 4.79 Å². The van der Waals surface area contributed by atoms with Gasteiger partial charge in [-0.25, -0.2) is 0 Å². The smallest absolute Gasteiger partial charge is 0.260 e. The molecule has 6 heteroatoms. The zero-order valence-corrected chi connectivity index (χ0v) is 13.6. The number of thiophene rings is 1. The Labute approximate surface area is 136 Å². The molecule has 108 valence electrons. The molecule has 1 unspecified atom stereocenters. The summed E-state index contributed by atoms with van der Waals surface area (Å²) in [5.74, 6) is -0.0440. The number of anilines is 1. The second kappa shape index (κ2) is 6.13. The van der Waals surface area contributed by atoms with Gasteiger partial charge in [0.1, 0.15) is 0 Å². The van der Waals surface area contributed by atoms with Gasteiger partial charge in [-0.1, -0.05) is 29.4 Å². The third-order valence-corrected chi connectivity index (χ3v) is 5.11. The number of aryl methyl sites for hydroxylation is 1. The summed E-state index contributed by atoms with van der Waals surface area (Å²) in [5.41, 5.74) is 1.85. The fourth-order valence-corrected chi connectivity index (χ4v) is 3.92. The van der Waals surface area contributed by atoms with Crippen molar-refractivity contribution < 1.29 is 4.79 Å². The lowest BCUT2D eigenvalue weighted by Gasteiger charge is -2.14. The van der Waals surface area contributed by atoms with E-state index in [0.717, 1.165) is 21.0 Å². The Balaban J connectivity index is 1.73. The fourth-order valence-electron chi connectivity index (χ4n) is 2.00. The minimum Gasteiger partial charge on any atom is -0.356 e. The van der Waals surface area contributed by atoms with E-state index in [2.05, 4.69) is 10.6 Å². The number of rotatable bonds is 3. The number of carbonyl (C=O) groups excluding carboxylic acids is 1. The zero-order valence-electron chi connectivity index (χ0n) is 11.2. The average molecular weight is 337 g/mol. The Morgan fingerprint density at radius 3 is 2.95 bits per heavy atom. The van der Waals surface area contributed by atoms with Crippen molar-refractivity contribution in [3.8, 4) is 0 Å². The van der Waals surface area contributed by atoms with E-state index in [1.807, 2.05) is 48.7 Å². The van der Waals surface area contributed by atoms with E-state index in [9.17, 15) is 4.79 Å². The van der Waals surface area contributed by atoms with Crippen LogP contribution in [0.15, 0.2) is 40.6 Å². The maximum Gasteiger partial charge on any atom is 0.260 e. The van der Waals surface area contributed by atoms with Gasteiger partial charge in [0.25, 0.3) is 5.91 Å². The molecule has 1 saturated heterocycles. The highest BCUT2D eigenvalue weighted by Crippen LogP contribution is 2.32. The molecular formula is C15H13ClN2OS2. The first kappa shape index (κ1) is 14.5. The van der Waals surface area contributed by atoms with Crippen LogP contribution < -0.4 is 10.6 Å². The molecule has 21 heavy (non-hydrogen) atoms. The van der Waals surface area contributed by atoms with Gasteiger partial charge in [-0.2, -0.15) is 0 Å². The van der Waals surface area contributed by atoms with Crippen LogP contribution >= 0.6 is 34.7 Å². The Bertz CT molecular complexity index is 698. The van der Waals surface area contributed by atoms with E-state index in [-0.39, 0.29) is 11.4 Å². The maximum atomic E-state index is 12.0. The van der Waals surface area contributed by atoms with Crippen LogP contribution in [0.2, 0.25) is 5.02 Å². The number of carbonyl (C=O) groups is 1. The van der Waals surface area contributed by atoms with E-state index >= 15 is 0 Å². The van der Waals surface area contributed by atoms with E-state index in [1.54, 1.807) is 11.3 Å². The van der Waals surface area contributed by atoms with Crippen molar-refractivity contribution in [1.29, 1.82) is 0 Å². The second-order valence-corrected chi connectivity index (χ2v) is 7.16. The van der Waals surface area contributed by atoms with Crippen molar-refractivity contribution in [1.82, 2.24) is 5.32 Å². The fraction of sp³-hybridized carbons (Fsp3) is 0.133. The SMILES string of the molecule is Cc1cc(Cl)ccc1NC1NC(=O)/C(=C/c2cccs2)S1. The molecule has 2 N–H and O–H groups in total. The predicted molar refractivity (Wildman–Crippen MR) is 91.6 cm³/mol. The molecule has 1 atom stereocenters. The molecule has 1 aliphatic heterocycles. The van der Waals surface area contributed by atoms with Gasteiger partial charge in [0, 0.05) is 15.6 Å². The summed E-state index contributed by atoms with van der Waals surface area (Å²) in [7, 11) is 0. The highest BCUT2D eigenvalue weighted by atomic mass is 35.5. The van der Waals surface area contributed by atoms with Crippen molar-refractivity contribution in [3.63, 3.8) is 0 Å². The monoisotopic (exact) mass is 336 g/mol. The minimum atomic E-state index is -0.163. The van der Waals surface area contributed by atoms with Gasteiger partial charge in [0.15, 0.2) is 5.50 Å². The second-order valence-electron chi connectivity index (χ2n) is 4.60. The lowest BCUT2D eigenvalue weighted by atomic mass is 10.2. The lowest BCUT2D eigenvalue weighted by Crippen LogP contribution is -2.31. The Kier molecular flexibility index (Phi) is 4.24. The number of nitrogens with one attached hydrogen (secondary N) is 2. The Morgan fingerprint density at radius 2 is 2.24 bits per heavy atom. The predicted octanol–water partition coefficient (Wildman–Crippen LogP) is 4.31. The topological polar surface area (TPSA) is 41.1 Å². The zero-order chi connectivity index (χ0) is 14.8. The van der Waals surface area contributed by atoms with Crippen LogP contribution in [-0.4, -0.2) is 11.4 Å².